The van der Waals surface area contributed by atoms with Crippen LogP contribution in [0.1, 0.15) is 44.7 Å². The second kappa shape index (κ2) is 9.45. The van der Waals surface area contributed by atoms with Crippen LogP contribution in [-0.4, -0.2) is 26.5 Å². The van der Waals surface area contributed by atoms with Crippen LogP contribution >= 0.6 is 11.8 Å². The summed E-state index contributed by atoms with van der Waals surface area (Å²) < 4.78 is 46.6. The number of carboxylic acids is 1. The summed E-state index contributed by atoms with van der Waals surface area (Å²) in [5, 5.41) is 14.8. The molecule has 1 aliphatic heterocycles. The Morgan fingerprint density at radius 3 is 2.54 bits per heavy atom. The molecule has 0 atom stereocenters. The number of allylic oxidation sites excluding steroid dienone is 3. The maximum Gasteiger partial charge on any atom is 0.416 e. The summed E-state index contributed by atoms with van der Waals surface area (Å²) in [6.07, 6.45) is 0.983. The molecule has 1 aromatic heterocycles. The van der Waals surface area contributed by atoms with Crippen LogP contribution in [0.5, 0.6) is 5.75 Å². The van der Waals surface area contributed by atoms with E-state index in [1.54, 1.807) is 23.0 Å². The van der Waals surface area contributed by atoms with E-state index in [0.717, 1.165) is 45.7 Å². The summed E-state index contributed by atoms with van der Waals surface area (Å²) in [5.41, 5.74) is 0.488. The molecule has 0 bridgehead atoms. The average molecular weight is 503 g/mol. The smallest absolute Gasteiger partial charge is 0.416 e. The van der Waals surface area contributed by atoms with Crippen LogP contribution in [0.3, 0.4) is 0 Å². The molecule has 2 heterocycles. The molecule has 184 valence electrons. The zero-order valence-electron chi connectivity index (χ0n) is 19.5. The molecule has 0 saturated carbocycles. The summed E-state index contributed by atoms with van der Waals surface area (Å²) in [5.74, 6) is -0.660. The number of fused-ring (bicyclic) bond motifs is 1. The van der Waals surface area contributed by atoms with Crippen molar-refractivity contribution in [3.63, 3.8) is 0 Å². The Labute approximate surface area is 205 Å². The van der Waals surface area contributed by atoms with Gasteiger partial charge in [-0.15, -0.1) is 0 Å². The first kappa shape index (κ1) is 24.9. The van der Waals surface area contributed by atoms with E-state index >= 15 is 0 Å². The third-order valence-corrected chi connectivity index (χ3v) is 7.20. The van der Waals surface area contributed by atoms with E-state index in [9.17, 15) is 23.1 Å². The van der Waals surface area contributed by atoms with Crippen molar-refractivity contribution in [2.75, 3.05) is 0 Å². The highest BCUT2D eigenvalue weighted by atomic mass is 32.2. The summed E-state index contributed by atoms with van der Waals surface area (Å²) in [6.45, 7) is 5.45. The lowest BCUT2D eigenvalue weighted by Crippen LogP contribution is -2.38. The Bertz CT molecular complexity index is 1320. The molecule has 3 aromatic rings. The largest absolute Gasteiger partial charge is 0.478 e. The minimum Gasteiger partial charge on any atom is -0.478 e. The highest BCUT2D eigenvalue weighted by Crippen LogP contribution is 2.41. The minimum absolute atomic E-state index is 0.419. The molecule has 4 rings (SSSR count). The molecule has 2 aromatic carbocycles. The topological polar surface area (TPSA) is 64.4 Å². The maximum atomic E-state index is 13.0. The third kappa shape index (κ3) is 5.40. The Morgan fingerprint density at radius 1 is 1.17 bits per heavy atom. The highest BCUT2D eigenvalue weighted by molar-refractivity contribution is 8.11. The van der Waals surface area contributed by atoms with Crippen LogP contribution < -0.4 is 4.74 Å². The highest BCUT2D eigenvalue weighted by Gasteiger charge is 2.31. The van der Waals surface area contributed by atoms with Gasteiger partial charge < -0.3 is 9.84 Å². The van der Waals surface area contributed by atoms with Crippen molar-refractivity contribution in [2.45, 2.75) is 51.9 Å². The van der Waals surface area contributed by atoms with Gasteiger partial charge in [0.25, 0.3) is 0 Å². The van der Waals surface area contributed by atoms with Gasteiger partial charge in [-0.1, -0.05) is 47.7 Å². The number of nitrogens with zero attached hydrogens (tertiary/aromatic N) is 2. The maximum absolute atomic E-state index is 13.0. The van der Waals surface area contributed by atoms with Crippen molar-refractivity contribution >= 4 is 33.5 Å². The fourth-order valence-electron chi connectivity index (χ4n) is 3.75. The number of halogens is 3. The predicted octanol–water partition coefficient (Wildman–Crippen LogP) is 7.14. The normalized spacial score (nSPS) is 15.2. The van der Waals surface area contributed by atoms with Crippen molar-refractivity contribution in [1.82, 2.24) is 9.78 Å². The van der Waals surface area contributed by atoms with E-state index in [1.807, 2.05) is 13.0 Å². The van der Waals surface area contributed by atoms with Crippen LogP contribution in [0.15, 0.2) is 65.2 Å². The van der Waals surface area contributed by atoms with Crippen LogP contribution in [0.2, 0.25) is 0 Å². The van der Waals surface area contributed by atoms with Crippen molar-refractivity contribution < 1.29 is 27.8 Å². The fourth-order valence-corrected chi connectivity index (χ4v) is 4.94. The van der Waals surface area contributed by atoms with Crippen LogP contribution in [0.25, 0.3) is 15.8 Å². The van der Waals surface area contributed by atoms with E-state index in [4.69, 9.17) is 4.74 Å². The molecule has 0 unspecified atom stereocenters. The number of aliphatic carboxylic acids is 1. The van der Waals surface area contributed by atoms with Crippen molar-refractivity contribution in [3.05, 3.63) is 76.3 Å². The second-order valence-corrected chi connectivity index (χ2v) is 10.0. The first-order valence-electron chi connectivity index (χ1n) is 11.1. The molecule has 0 fully saturated rings. The van der Waals surface area contributed by atoms with Gasteiger partial charge in [0.2, 0.25) is 0 Å². The standard InChI is InChI=1S/C26H25F3N2O3S/c1-16-6-4-9-21(17-10-12-19(13-11-17)26(27,28)29)35-22(16)15-31-23-18(14-30-31)7-5-8-20(23)34-25(2,3)24(32)33/h5,7-14H,4,6,15H2,1-3H3,(H,32,33). The van der Waals surface area contributed by atoms with Crippen molar-refractivity contribution in [1.29, 1.82) is 0 Å². The van der Waals surface area contributed by atoms with Crippen molar-refractivity contribution in [2.24, 2.45) is 0 Å². The fraction of sp³-hybridized carbons (Fsp3) is 0.308. The molecule has 1 aliphatic rings. The van der Waals surface area contributed by atoms with E-state index in [2.05, 4.69) is 11.2 Å². The van der Waals surface area contributed by atoms with Gasteiger partial charge in [0.05, 0.1) is 18.3 Å². The number of benzene rings is 2. The van der Waals surface area contributed by atoms with Gasteiger partial charge in [0, 0.05) is 15.2 Å². The van der Waals surface area contributed by atoms with Crippen LogP contribution in [-0.2, 0) is 17.5 Å². The molecule has 9 heteroatoms. The number of para-hydroxylation sites is 1. The Kier molecular flexibility index (Phi) is 6.73. The molecule has 0 spiro atoms. The molecular weight excluding hydrogens is 477 g/mol. The van der Waals surface area contributed by atoms with E-state index in [1.165, 1.54) is 43.3 Å². The summed E-state index contributed by atoms with van der Waals surface area (Å²) in [7, 11) is 0. The minimum atomic E-state index is -4.37. The SMILES string of the molecule is CC1=C(Cn2ncc3cccc(OC(C)(C)C(=O)O)c32)SC(c2ccc(C(F)(F)F)cc2)=CCC1. The molecule has 0 radical (unpaired) electrons. The number of carbonyl (C=O) groups is 1. The van der Waals surface area contributed by atoms with Gasteiger partial charge in [-0.2, -0.15) is 18.3 Å². The second-order valence-electron chi connectivity index (χ2n) is 8.90. The number of thioether (sulfide) groups is 1. The first-order chi connectivity index (χ1) is 16.5. The quantitative estimate of drug-likeness (QED) is 0.388. The number of ether oxygens (including phenoxy) is 1. The Morgan fingerprint density at radius 2 is 1.89 bits per heavy atom. The number of alkyl halides is 3. The zero-order chi connectivity index (χ0) is 25.4. The van der Waals surface area contributed by atoms with Crippen LogP contribution in [0, 0.1) is 0 Å². The molecule has 0 amide bonds. The third-order valence-electron chi connectivity index (χ3n) is 5.85. The molecule has 1 N–H and O–H groups in total. The molecular formula is C26H25F3N2O3S. The van der Waals surface area contributed by atoms with Crippen LogP contribution in [0.4, 0.5) is 13.2 Å². The van der Waals surface area contributed by atoms with E-state index in [-0.39, 0.29) is 0 Å². The first-order valence-corrected chi connectivity index (χ1v) is 11.9. The monoisotopic (exact) mass is 502 g/mol. The Hall–Kier alpha value is -3.20. The number of aromatic nitrogens is 2. The lowest BCUT2D eigenvalue weighted by Gasteiger charge is -2.22. The lowest BCUT2D eigenvalue weighted by molar-refractivity contribution is -0.152. The van der Waals surface area contributed by atoms with E-state index < -0.39 is 23.3 Å². The Balaban J connectivity index is 1.64. The summed E-state index contributed by atoms with van der Waals surface area (Å²) in [6, 6.07) is 10.6. The molecule has 0 saturated heterocycles. The molecule has 5 nitrogen and oxygen atoms in total. The van der Waals surface area contributed by atoms with E-state index in [0.29, 0.717) is 17.8 Å². The number of rotatable bonds is 6. The summed E-state index contributed by atoms with van der Waals surface area (Å²) in [4.78, 5) is 13.5. The summed E-state index contributed by atoms with van der Waals surface area (Å²) >= 11 is 1.52. The average Bonchev–Trinajstić information content (AvgIpc) is 3.11. The van der Waals surface area contributed by atoms with Gasteiger partial charge in [-0.25, -0.2) is 4.79 Å². The van der Waals surface area contributed by atoms with Gasteiger partial charge in [0.1, 0.15) is 11.3 Å². The lowest BCUT2D eigenvalue weighted by atomic mass is 10.1. The predicted molar refractivity (Wildman–Crippen MR) is 131 cm³/mol. The molecule has 35 heavy (non-hydrogen) atoms. The van der Waals surface area contributed by atoms with Crippen molar-refractivity contribution in [3.8, 4) is 5.75 Å². The van der Waals surface area contributed by atoms with Gasteiger partial charge in [-0.05, 0) is 57.4 Å². The van der Waals surface area contributed by atoms with Gasteiger partial charge >= 0.3 is 12.1 Å². The number of hydrogen-bond acceptors (Lipinski definition) is 4. The number of hydrogen-bond donors (Lipinski definition) is 1. The van der Waals surface area contributed by atoms with Gasteiger partial charge in [-0.3, -0.25) is 4.68 Å². The van der Waals surface area contributed by atoms with Gasteiger partial charge in [0.15, 0.2) is 5.60 Å². The zero-order valence-corrected chi connectivity index (χ0v) is 20.3. The number of carboxylic acid groups (broad SMARTS) is 1. The molecule has 0 aliphatic carbocycles.